The van der Waals surface area contributed by atoms with Gasteiger partial charge in [0.1, 0.15) is 0 Å². The van der Waals surface area contributed by atoms with Crippen molar-refractivity contribution in [1.29, 1.82) is 5.26 Å². The van der Waals surface area contributed by atoms with E-state index in [0.717, 1.165) is 30.6 Å². The number of amides is 1. The average molecular weight is 257 g/mol. The number of nitrogens with one attached hydrogen (secondary N) is 1. The van der Waals surface area contributed by atoms with Crippen LogP contribution in [0.5, 0.6) is 0 Å². The van der Waals surface area contributed by atoms with E-state index in [1.54, 1.807) is 0 Å². The SMILES string of the molecule is Cc1cc(C#N)ccc1CN1CCCNC(C)C1=O. The van der Waals surface area contributed by atoms with Crippen molar-refractivity contribution in [2.24, 2.45) is 0 Å². The number of carbonyl (C=O) groups is 1. The fraction of sp³-hybridized carbons (Fsp3) is 0.467. The number of carbonyl (C=O) groups excluding carboxylic acids is 1. The van der Waals surface area contributed by atoms with Gasteiger partial charge in [-0.05, 0) is 50.1 Å². The van der Waals surface area contributed by atoms with E-state index in [-0.39, 0.29) is 11.9 Å². The summed E-state index contributed by atoms with van der Waals surface area (Å²) in [7, 11) is 0. The molecule has 0 spiro atoms. The zero-order valence-electron chi connectivity index (χ0n) is 11.4. The Bertz CT molecular complexity index is 519. The van der Waals surface area contributed by atoms with Crippen molar-refractivity contribution >= 4 is 5.91 Å². The van der Waals surface area contributed by atoms with Crippen molar-refractivity contribution in [3.63, 3.8) is 0 Å². The Morgan fingerprint density at radius 2 is 2.32 bits per heavy atom. The molecule has 0 bridgehead atoms. The number of rotatable bonds is 2. The van der Waals surface area contributed by atoms with Crippen LogP contribution < -0.4 is 5.32 Å². The number of nitriles is 1. The molecule has 1 aromatic rings. The molecule has 1 saturated heterocycles. The summed E-state index contributed by atoms with van der Waals surface area (Å²) in [4.78, 5) is 14.1. The van der Waals surface area contributed by atoms with Gasteiger partial charge in [0, 0.05) is 13.1 Å². The van der Waals surface area contributed by atoms with E-state index in [4.69, 9.17) is 5.26 Å². The van der Waals surface area contributed by atoms with Gasteiger partial charge in [-0.15, -0.1) is 0 Å². The Labute approximate surface area is 114 Å². The first-order valence-corrected chi connectivity index (χ1v) is 6.63. The van der Waals surface area contributed by atoms with Crippen molar-refractivity contribution in [1.82, 2.24) is 10.2 Å². The number of hydrogen-bond acceptors (Lipinski definition) is 3. The van der Waals surface area contributed by atoms with E-state index < -0.39 is 0 Å². The summed E-state index contributed by atoms with van der Waals surface area (Å²) >= 11 is 0. The van der Waals surface area contributed by atoms with Gasteiger partial charge in [0.2, 0.25) is 5.91 Å². The van der Waals surface area contributed by atoms with Crippen LogP contribution in [0.3, 0.4) is 0 Å². The summed E-state index contributed by atoms with van der Waals surface area (Å²) in [6.07, 6.45) is 0.978. The summed E-state index contributed by atoms with van der Waals surface area (Å²) in [5, 5.41) is 12.1. The van der Waals surface area contributed by atoms with Crippen LogP contribution >= 0.6 is 0 Å². The maximum atomic E-state index is 12.2. The van der Waals surface area contributed by atoms with Gasteiger partial charge in [-0.3, -0.25) is 4.79 Å². The molecule has 100 valence electrons. The molecular weight excluding hydrogens is 238 g/mol. The lowest BCUT2D eigenvalue weighted by Crippen LogP contribution is -2.41. The lowest BCUT2D eigenvalue weighted by molar-refractivity contribution is -0.132. The second-order valence-corrected chi connectivity index (χ2v) is 5.04. The minimum absolute atomic E-state index is 0.110. The molecular formula is C15H19N3O. The predicted molar refractivity (Wildman–Crippen MR) is 73.4 cm³/mol. The lowest BCUT2D eigenvalue weighted by Gasteiger charge is -2.23. The molecule has 4 nitrogen and oxygen atoms in total. The molecule has 0 aliphatic carbocycles. The number of nitrogens with zero attached hydrogens (tertiary/aromatic N) is 2. The summed E-state index contributed by atoms with van der Waals surface area (Å²) in [6, 6.07) is 7.66. The Morgan fingerprint density at radius 3 is 3.00 bits per heavy atom. The second kappa shape index (κ2) is 5.85. The predicted octanol–water partition coefficient (Wildman–Crippen LogP) is 1.58. The van der Waals surface area contributed by atoms with Crippen LogP contribution in [0.2, 0.25) is 0 Å². The fourth-order valence-corrected chi connectivity index (χ4v) is 2.37. The van der Waals surface area contributed by atoms with Gasteiger partial charge >= 0.3 is 0 Å². The van der Waals surface area contributed by atoms with Crippen LogP contribution in [0, 0.1) is 18.3 Å². The summed E-state index contributed by atoms with van der Waals surface area (Å²) in [5.74, 6) is 0.154. The van der Waals surface area contributed by atoms with Crippen LogP contribution in [0.4, 0.5) is 0 Å². The van der Waals surface area contributed by atoms with E-state index in [1.807, 2.05) is 36.9 Å². The monoisotopic (exact) mass is 257 g/mol. The molecule has 1 fully saturated rings. The number of hydrogen-bond donors (Lipinski definition) is 1. The highest BCUT2D eigenvalue weighted by atomic mass is 16.2. The van der Waals surface area contributed by atoms with Crippen molar-refractivity contribution in [2.75, 3.05) is 13.1 Å². The van der Waals surface area contributed by atoms with Crippen LogP contribution in [-0.2, 0) is 11.3 Å². The van der Waals surface area contributed by atoms with Gasteiger partial charge in [0.25, 0.3) is 0 Å². The third kappa shape index (κ3) is 3.12. The Hall–Kier alpha value is -1.86. The molecule has 2 rings (SSSR count). The molecule has 1 atom stereocenters. The first-order chi connectivity index (χ1) is 9.11. The van der Waals surface area contributed by atoms with Gasteiger partial charge in [0.15, 0.2) is 0 Å². The average Bonchev–Trinajstić information content (AvgIpc) is 2.56. The minimum atomic E-state index is -0.110. The highest BCUT2D eigenvalue weighted by Crippen LogP contribution is 2.15. The molecule has 1 heterocycles. The third-order valence-electron chi connectivity index (χ3n) is 3.57. The van der Waals surface area contributed by atoms with Crippen LogP contribution in [0.15, 0.2) is 18.2 Å². The van der Waals surface area contributed by atoms with Gasteiger partial charge in [0.05, 0.1) is 17.7 Å². The van der Waals surface area contributed by atoms with Crippen molar-refractivity contribution in [2.45, 2.75) is 32.9 Å². The van der Waals surface area contributed by atoms with Gasteiger partial charge in [-0.25, -0.2) is 0 Å². The molecule has 0 aromatic heterocycles. The highest BCUT2D eigenvalue weighted by Gasteiger charge is 2.23. The van der Waals surface area contributed by atoms with E-state index >= 15 is 0 Å². The first kappa shape index (κ1) is 13.6. The van der Waals surface area contributed by atoms with Crippen LogP contribution in [-0.4, -0.2) is 29.9 Å². The van der Waals surface area contributed by atoms with Crippen molar-refractivity contribution in [3.8, 4) is 6.07 Å². The number of benzene rings is 1. The highest BCUT2D eigenvalue weighted by molar-refractivity contribution is 5.81. The maximum Gasteiger partial charge on any atom is 0.239 e. The van der Waals surface area contributed by atoms with Gasteiger partial charge < -0.3 is 10.2 Å². The maximum absolute atomic E-state index is 12.2. The lowest BCUT2D eigenvalue weighted by atomic mass is 10.0. The van der Waals surface area contributed by atoms with E-state index in [0.29, 0.717) is 12.1 Å². The molecule has 0 saturated carbocycles. The standard InChI is InChI=1S/C15H19N3O/c1-11-8-13(9-16)4-5-14(11)10-18-7-3-6-17-12(2)15(18)19/h4-5,8,12,17H,3,6-7,10H2,1-2H3. The quantitative estimate of drug-likeness (QED) is 0.875. The fourth-order valence-electron chi connectivity index (χ4n) is 2.37. The van der Waals surface area contributed by atoms with Crippen molar-refractivity contribution < 1.29 is 4.79 Å². The van der Waals surface area contributed by atoms with Gasteiger partial charge in [-0.1, -0.05) is 6.07 Å². The second-order valence-electron chi connectivity index (χ2n) is 5.04. The Morgan fingerprint density at radius 1 is 1.53 bits per heavy atom. The van der Waals surface area contributed by atoms with E-state index in [9.17, 15) is 4.79 Å². The largest absolute Gasteiger partial charge is 0.337 e. The summed E-state index contributed by atoms with van der Waals surface area (Å²) in [5.41, 5.74) is 2.84. The Kier molecular flexibility index (Phi) is 4.18. The molecule has 0 radical (unpaired) electrons. The molecule has 1 N–H and O–H groups in total. The van der Waals surface area contributed by atoms with E-state index in [1.165, 1.54) is 0 Å². The zero-order valence-corrected chi connectivity index (χ0v) is 11.4. The normalized spacial score (nSPS) is 19.9. The molecule has 1 aromatic carbocycles. The van der Waals surface area contributed by atoms with Crippen LogP contribution in [0.25, 0.3) is 0 Å². The molecule has 19 heavy (non-hydrogen) atoms. The summed E-state index contributed by atoms with van der Waals surface area (Å²) in [6.45, 7) is 6.19. The summed E-state index contributed by atoms with van der Waals surface area (Å²) < 4.78 is 0. The first-order valence-electron chi connectivity index (χ1n) is 6.63. The molecule has 1 aliphatic heterocycles. The molecule has 1 unspecified atom stereocenters. The van der Waals surface area contributed by atoms with Gasteiger partial charge in [-0.2, -0.15) is 5.26 Å². The topological polar surface area (TPSA) is 56.1 Å². The van der Waals surface area contributed by atoms with Crippen LogP contribution in [0.1, 0.15) is 30.0 Å². The van der Waals surface area contributed by atoms with E-state index in [2.05, 4.69) is 11.4 Å². The van der Waals surface area contributed by atoms with Crippen molar-refractivity contribution in [3.05, 3.63) is 34.9 Å². The molecule has 1 aliphatic rings. The minimum Gasteiger partial charge on any atom is -0.337 e. The molecule has 4 heteroatoms. The smallest absolute Gasteiger partial charge is 0.239 e. The zero-order chi connectivity index (χ0) is 13.8. The third-order valence-corrected chi connectivity index (χ3v) is 3.57. The molecule has 1 amide bonds. The Balaban J connectivity index is 2.16. The number of aryl methyl sites for hydroxylation is 1.